The van der Waals surface area contributed by atoms with E-state index in [4.69, 9.17) is 15.9 Å². The first-order chi connectivity index (χ1) is 10.1. The van der Waals surface area contributed by atoms with Gasteiger partial charge in [0.1, 0.15) is 6.10 Å². The molecule has 0 spiro atoms. The Labute approximate surface area is 128 Å². The Kier molecular flexibility index (Phi) is 5.70. The molecule has 1 heterocycles. The van der Waals surface area contributed by atoms with Crippen LogP contribution in [0.4, 0.5) is 0 Å². The van der Waals surface area contributed by atoms with Crippen LogP contribution in [0.1, 0.15) is 65.2 Å². The van der Waals surface area contributed by atoms with Gasteiger partial charge in [-0.05, 0) is 38.5 Å². The zero-order valence-corrected chi connectivity index (χ0v) is 13.4. The molecular weight excluding hydrogens is 264 g/mol. The van der Waals surface area contributed by atoms with Gasteiger partial charge in [0.05, 0.1) is 12.5 Å². The standard InChI is InChI=1S/C18H28O3/c1-4-6-7-14-8-10-15(11-9-14)17(19)21-16-12-13-20-18(16,3)5-2/h2,14-16H,4,6-13H2,1,3H3. The molecule has 2 aliphatic rings. The van der Waals surface area contributed by atoms with E-state index in [2.05, 4.69) is 12.8 Å². The fourth-order valence-electron chi connectivity index (χ4n) is 3.47. The summed E-state index contributed by atoms with van der Waals surface area (Å²) in [6.07, 6.45) is 14.1. The van der Waals surface area contributed by atoms with Crippen LogP contribution in [0.3, 0.4) is 0 Å². The van der Waals surface area contributed by atoms with Gasteiger partial charge in [-0.25, -0.2) is 0 Å². The van der Waals surface area contributed by atoms with E-state index in [9.17, 15) is 4.79 Å². The Morgan fingerprint density at radius 1 is 1.33 bits per heavy atom. The topological polar surface area (TPSA) is 35.5 Å². The lowest BCUT2D eigenvalue weighted by Gasteiger charge is -2.30. The molecule has 1 aliphatic heterocycles. The maximum absolute atomic E-state index is 12.3. The molecule has 1 saturated carbocycles. The summed E-state index contributed by atoms with van der Waals surface area (Å²) in [6, 6.07) is 0. The highest BCUT2D eigenvalue weighted by Gasteiger charge is 2.42. The van der Waals surface area contributed by atoms with Gasteiger partial charge in [-0.2, -0.15) is 0 Å². The normalized spacial score (nSPS) is 36.1. The van der Waals surface area contributed by atoms with E-state index in [0.29, 0.717) is 13.0 Å². The van der Waals surface area contributed by atoms with E-state index in [1.165, 1.54) is 19.3 Å². The van der Waals surface area contributed by atoms with Crippen LogP contribution in [0.2, 0.25) is 0 Å². The fourth-order valence-corrected chi connectivity index (χ4v) is 3.47. The number of carbonyl (C=O) groups excluding carboxylic acids is 1. The highest BCUT2D eigenvalue weighted by Crippen LogP contribution is 2.34. The Morgan fingerprint density at radius 2 is 2.05 bits per heavy atom. The monoisotopic (exact) mass is 292 g/mol. The number of carbonyl (C=O) groups is 1. The number of esters is 1. The molecule has 3 nitrogen and oxygen atoms in total. The molecule has 3 heteroatoms. The maximum Gasteiger partial charge on any atom is 0.309 e. The molecule has 118 valence electrons. The van der Waals surface area contributed by atoms with Gasteiger partial charge < -0.3 is 9.47 Å². The largest absolute Gasteiger partial charge is 0.458 e. The van der Waals surface area contributed by atoms with Crippen molar-refractivity contribution in [3.63, 3.8) is 0 Å². The van der Waals surface area contributed by atoms with Crippen molar-refractivity contribution in [1.29, 1.82) is 0 Å². The molecule has 0 amide bonds. The van der Waals surface area contributed by atoms with Gasteiger partial charge in [-0.1, -0.05) is 32.1 Å². The smallest absolute Gasteiger partial charge is 0.309 e. The fraction of sp³-hybridized carbons (Fsp3) is 0.833. The third-order valence-corrected chi connectivity index (χ3v) is 5.09. The van der Waals surface area contributed by atoms with E-state index in [1.807, 2.05) is 6.92 Å². The molecule has 2 rings (SSSR count). The van der Waals surface area contributed by atoms with Crippen LogP contribution in [0.5, 0.6) is 0 Å². The average Bonchev–Trinajstić information content (AvgIpc) is 2.87. The van der Waals surface area contributed by atoms with Crippen LogP contribution in [-0.2, 0) is 14.3 Å². The van der Waals surface area contributed by atoms with Crippen LogP contribution in [0.25, 0.3) is 0 Å². The second-order valence-electron chi connectivity index (χ2n) is 6.67. The van der Waals surface area contributed by atoms with E-state index in [1.54, 1.807) is 0 Å². The predicted octanol–water partition coefficient (Wildman–Crippen LogP) is 3.71. The highest BCUT2D eigenvalue weighted by atomic mass is 16.6. The van der Waals surface area contributed by atoms with Gasteiger partial charge in [0.2, 0.25) is 0 Å². The lowest BCUT2D eigenvalue weighted by atomic mass is 9.80. The molecular formula is C18H28O3. The van der Waals surface area contributed by atoms with Crippen LogP contribution in [0.15, 0.2) is 0 Å². The minimum Gasteiger partial charge on any atom is -0.458 e. The average molecular weight is 292 g/mol. The van der Waals surface area contributed by atoms with Crippen LogP contribution < -0.4 is 0 Å². The lowest BCUT2D eigenvalue weighted by molar-refractivity contribution is -0.160. The number of hydrogen-bond donors (Lipinski definition) is 0. The van der Waals surface area contributed by atoms with Crippen LogP contribution >= 0.6 is 0 Å². The number of terminal acetylenes is 1. The van der Waals surface area contributed by atoms with E-state index >= 15 is 0 Å². The Bertz CT molecular complexity index is 390. The van der Waals surface area contributed by atoms with Gasteiger partial charge in [-0.15, -0.1) is 6.42 Å². The lowest BCUT2D eigenvalue weighted by Crippen LogP contribution is -2.39. The molecule has 0 aromatic rings. The van der Waals surface area contributed by atoms with Crippen molar-refractivity contribution < 1.29 is 14.3 Å². The number of hydrogen-bond acceptors (Lipinski definition) is 3. The quantitative estimate of drug-likeness (QED) is 0.572. The summed E-state index contributed by atoms with van der Waals surface area (Å²) in [5.74, 6) is 3.43. The van der Waals surface area contributed by atoms with E-state index in [-0.39, 0.29) is 18.0 Å². The number of ether oxygens (including phenoxy) is 2. The Balaban J connectivity index is 1.79. The summed E-state index contributed by atoms with van der Waals surface area (Å²) < 4.78 is 11.2. The number of rotatable bonds is 5. The minimum atomic E-state index is -0.742. The van der Waals surface area contributed by atoms with Gasteiger partial charge in [-0.3, -0.25) is 4.79 Å². The van der Waals surface area contributed by atoms with Crippen molar-refractivity contribution in [3.8, 4) is 12.3 Å². The minimum absolute atomic E-state index is 0.0606. The van der Waals surface area contributed by atoms with Gasteiger partial charge >= 0.3 is 5.97 Å². The van der Waals surface area contributed by atoms with Crippen molar-refractivity contribution in [2.24, 2.45) is 11.8 Å². The number of unbranched alkanes of at least 4 members (excludes halogenated alkanes) is 1. The maximum atomic E-state index is 12.3. The van der Waals surface area contributed by atoms with Gasteiger partial charge in [0.25, 0.3) is 0 Å². The second kappa shape index (κ2) is 7.31. The van der Waals surface area contributed by atoms with Crippen molar-refractivity contribution in [1.82, 2.24) is 0 Å². The first-order valence-corrected chi connectivity index (χ1v) is 8.41. The molecule has 2 unspecified atom stereocenters. The third-order valence-electron chi connectivity index (χ3n) is 5.09. The summed E-state index contributed by atoms with van der Waals surface area (Å²) in [6.45, 7) is 4.64. The summed E-state index contributed by atoms with van der Waals surface area (Å²) >= 11 is 0. The van der Waals surface area contributed by atoms with Crippen molar-refractivity contribution in [2.45, 2.75) is 76.9 Å². The molecule has 0 N–H and O–H groups in total. The van der Waals surface area contributed by atoms with E-state index < -0.39 is 5.60 Å². The molecule has 0 aromatic heterocycles. The summed E-state index contributed by atoms with van der Waals surface area (Å²) in [5, 5.41) is 0. The summed E-state index contributed by atoms with van der Waals surface area (Å²) in [5.41, 5.74) is -0.742. The zero-order valence-electron chi connectivity index (χ0n) is 13.4. The summed E-state index contributed by atoms with van der Waals surface area (Å²) in [4.78, 5) is 12.3. The first-order valence-electron chi connectivity index (χ1n) is 8.41. The van der Waals surface area contributed by atoms with Gasteiger partial charge in [0, 0.05) is 6.42 Å². The van der Waals surface area contributed by atoms with Gasteiger partial charge in [0.15, 0.2) is 5.60 Å². The van der Waals surface area contributed by atoms with E-state index in [0.717, 1.165) is 31.6 Å². The molecule has 1 saturated heterocycles. The molecule has 2 fully saturated rings. The molecule has 1 aliphatic carbocycles. The van der Waals surface area contributed by atoms with Crippen molar-refractivity contribution >= 4 is 5.97 Å². The molecule has 0 bridgehead atoms. The van der Waals surface area contributed by atoms with Crippen molar-refractivity contribution in [2.75, 3.05) is 6.61 Å². The molecule has 2 atom stereocenters. The van der Waals surface area contributed by atoms with Crippen LogP contribution in [-0.4, -0.2) is 24.3 Å². The second-order valence-corrected chi connectivity index (χ2v) is 6.67. The Morgan fingerprint density at radius 3 is 2.67 bits per heavy atom. The highest BCUT2D eigenvalue weighted by molar-refractivity contribution is 5.73. The SMILES string of the molecule is C#CC1(C)OCCC1OC(=O)C1CCC(CCCC)CC1. The molecule has 0 radical (unpaired) electrons. The third kappa shape index (κ3) is 4.01. The predicted molar refractivity (Wildman–Crippen MR) is 82.7 cm³/mol. The molecule has 0 aromatic carbocycles. The Hall–Kier alpha value is -1.01. The molecule has 21 heavy (non-hydrogen) atoms. The van der Waals surface area contributed by atoms with Crippen LogP contribution in [0, 0.1) is 24.2 Å². The summed E-state index contributed by atoms with van der Waals surface area (Å²) in [7, 11) is 0. The first kappa shape index (κ1) is 16.4. The van der Waals surface area contributed by atoms with Crippen molar-refractivity contribution in [3.05, 3.63) is 0 Å². The zero-order chi connectivity index (χ0) is 15.3.